The lowest BCUT2D eigenvalue weighted by atomic mass is 9.85. The normalized spacial score (nSPS) is 21.5. The smallest absolute Gasteiger partial charge is 0.240 e. The van der Waals surface area contributed by atoms with Crippen molar-refractivity contribution in [3.8, 4) is 0 Å². The van der Waals surface area contributed by atoms with Crippen molar-refractivity contribution in [3.05, 3.63) is 29.8 Å². The maximum absolute atomic E-state index is 12.6. The number of sulfonamides is 1. The van der Waals surface area contributed by atoms with Crippen molar-refractivity contribution >= 4 is 28.2 Å². The van der Waals surface area contributed by atoms with Crippen LogP contribution in [0.1, 0.15) is 49.4 Å². The number of carbonyl (C=O) groups is 1. The number of benzene rings is 1. The highest BCUT2D eigenvalue weighted by molar-refractivity contribution is 7.89. The molecule has 1 saturated carbocycles. The van der Waals surface area contributed by atoms with E-state index in [1.54, 1.807) is 19.1 Å². The molecule has 1 aliphatic rings. The van der Waals surface area contributed by atoms with Gasteiger partial charge in [-0.25, -0.2) is 13.1 Å². The quantitative estimate of drug-likeness (QED) is 0.763. The summed E-state index contributed by atoms with van der Waals surface area (Å²) in [6.45, 7) is 2.25. The molecule has 130 valence electrons. The topological polar surface area (TPSA) is 89.3 Å². The molecule has 0 spiro atoms. The van der Waals surface area contributed by atoms with E-state index in [9.17, 15) is 13.2 Å². The summed E-state index contributed by atoms with van der Waals surface area (Å²) < 4.78 is 27.9. The fourth-order valence-corrected chi connectivity index (χ4v) is 4.34. The highest BCUT2D eigenvalue weighted by atomic mass is 35.5. The molecule has 2 atom stereocenters. The monoisotopic (exact) mass is 360 g/mol. The zero-order valence-electron chi connectivity index (χ0n) is 13.3. The first-order chi connectivity index (χ1) is 10.5. The van der Waals surface area contributed by atoms with Gasteiger partial charge in [0.1, 0.15) is 0 Å². The fraction of sp³-hybridized carbons (Fsp3) is 0.562. The molecule has 0 saturated heterocycles. The van der Waals surface area contributed by atoms with Crippen LogP contribution in [0.4, 0.5) is 0 Å². The number of rotatable bonds is 6. The van der Waals surface area contributed by atoms with Gasteiger partial charge in [-0.15, -0.1) is 12.4 Å². The molecule has 0 aliphatic heterocycles. The molecule has 1 aliphatic carbocycles. The minimum absolute atomic E-state index is 0. The van der Waals surface area contributed by atoms with Crippen LogP contribution in [-0.4, -0.2) is 26.8 Å². The van der Waals surface area contributed by atoms with E-state index in [1.807, 2.05) is 0 Å². The van der Waals surface area contributed by atoms with E-state index >= 15 is 0 Å². The molecule has 0 radical (unpaired) electrons. The first-order valence-electron chi connectivity index (χ1n) is 7.83. The van der Waals surface area contributed by atoms with E-state index < -0.39 is 10.0 Å². The van der Waals surface area contributed by atoms with Crippen molar-refractivity contribution in [2.75, 3.05) is 6.54 Å². The van der Waals surface area contributed by atoms with Gasteiger partial charge in [0.15, 0.2) is 5.78 Å². The van der Waals surface area contributed by atoms with E-state index in [0.717, 1.165) is 25.7 Å². The molecule has 1 aromatic rings. The second-order valence-corrected chi connectivity index (χ2v) is 7.53. The maximum atomic E-state index is 12.6. The lowest BCUT2D eigenvalue weighted by Crippen LogP contribution is -2.44. The van der Waals surface area contributed by atoms with E-state index in [4.69, 9.17) is 5.73 Å². The van der Waals surface area contributed by atoms with Crippen LogP contribution in [-0.2, 0) is 10.0 Å². The van der Waals surface area contributed by atoms with Crippen molar-refractivity contribution in [2.45, 2.75) is 50.0 Å². The summed E-state index contributed by atoms with van der Waals surface area (Å²) in [5.74, 6) is 0.124. The van der Waals surface area contributed by atoms with Crippen molar-refractivity contribution in [3.63, 3.8) is 0 Å². The third-order valence-corrected chi connectivity index (χ3v) is 5.79. The molecule has 0 aromatic heterocycles. The fourth-order valence-electron chi connectivity index (χ4n) is 2.95. The van der Waals surface area contributed by atoms with Crippen LogP contribution in [0.5, 0.6) is 0 Å². The van der Waals surface area contributed by atoms with E-state index in [0.29, 0.717) is 18.5 Å². The van der Waals surface area contributed by atoms with Crippen molar-refractivity contribution in [1.82, 2.24) is 4.72 Å². The Hall–Kier alpha value is -0.950. The number of carbonyl (C=O) groups excluding carboxylic acids is 1. The lowest BCUT2D eigenvalue weighted by Gasteiger charge is -2.31. The van der Waals surface area contributed by atoms with Gasteiger partial charge in [0, 0.05) is 18.0 Å². The summed E-state index contributed by atoms with van der Waals surface area (Å²) in [5, 5.41) is 0. The van der Waals surface area contributed by atoms with Gasteiger partial charge in [0.05, 0.1) is 4.90 Å². The highest BCUT2D eigenvalue weighted by Crippen LogP contribution is 2.25. The van der Waals surface area contributed by atoms with Gasteiger partial charge in [0.25, 0.3) is 0 Å². The molecule has 7 heteroatoms. The van der Waals surface area contributed by atoms with E-state index in [2.05, 4.69) is 4.72 Å². The number of nitrogens with two attached hydrogens (primary N) is 1. The molecule has 0 amide bonds. The minimum Gasteiger partial charge on any atom is -0.330 e. The van der Waals surface area contributed by atoms with Crippen LogP contribution in [0, 0.1) is 5.92 Å². The maximum Gasteiger partial charge on any atom is 0.240 e. The molecular weight excluding hydrogens is 336 g/mol. The summed E-state index contributed by atoms with van der Waals surface area (Å²) in [6, 6.07) is 6.12. The summed E-state index contributed by atoms with van der Waals surface area (Å²) >= 11 is 0. The molecule has 1 fully saturated rings. The Bertz CT molecular complexity index is 634. The Labute approximate surface area is 144 Å². The predicted molar refractivity (Wildman–Crippen MR) is 93.4 cm³/mol. The van der Waals surface area contributed by atoms with E-state index in [1.165, 1.54) is 12.1 Å². The van der Waals surface area contributed by atoms with Crippen LogP contribution >= 0.6 is 12.4 Å². The van der Waals surface area contributed by atoms with Gasteiger partial charge in [0.2, 0.25) is 10.0 Å². The number of ketones is 1. The van der Waals surface area contributed by atoms with Crippen LogP contribution in [0.3, 0.4) is 0 Å². The van der Waals surface area contributed by atoms with Gasteiger partial charge in [-0.05, 0) is 37.4 Å². The summed E-state index contributed by atoms with van der Waals surface area (Å²) in [5.41, 5.74) is 6.19. The van der Waals surface area contributed by atoms with Crippen molar-refractivity contribution in [2.24, 2.45) is 11.7 Å². The number of hydrogen-bond acceptors (Lipinski definition) is 4. The Morgan fingerprint density at radius 3 is 2.65 bits per heavy atom. The Morgan fingerprint density at radius 1 is 1.30 bits per heavy atom. The molecule has 0 heterocycles. The Morgan fingerprint density at radius 2 is 2.00 bits per heavy atom. The summed E-state index contributed by atoms with van der Waals surface area (Å²) in [4.78, 5) is 11.9. The van der Waals surface area contributed by atoms with Crippen LogP contribution in [0.15, 0.2) is 29.2 Å². The minimum atomic E-state index is -3.62. The zero-order chi connectivity index (χ0) is 16.2. The molecule has 2 rings (SSSR count). The lowest BCUT2D eigenvalue weighted by molar-refractivity contribution is 0.0988. The standard InChI is InChI=1S/C16H24N2O3S.ClH/c1-2-16(19)12-7-5-8-14(10-12)22(20,21)18-15-9-4-3-6-13(15)11-17;/h5,7-8,10,13,15,18H,2-4,6,9,11,17H2,1H3;1H. The molecule has 5 nitrogen and oxygen atoms in total. The molecule has 23 heavy (non-hydrogen) atoms. The van der Waals surface area contributed by atoms with Crippen LogP contribution in [0.2, 0.25) is 0 Å². The van der Waals surface area contributed by atoms with Gasteiger partial charge in [-0.1, -0.05) is 31.9 Å². The van der Waals surface area contributed by atoms with Crippen molar-refractivity contribution in [1.29, 1.82) is 0 Å². The molecule has 1 aromatic carbocycles. The van der Waals surface area contributed by atoms with Gasteiger partial charge < -0.3 is 5.73 Å². The highest BCUT2D eigenvalue weighted by Gasteiger charge is 2.28. The number of hydrogen-bond donors (Lipinski definition) is 2. The van der Waals surface area contributed by atoms with E-state index in [-0.39, 0.29) is 35.0 Å². The Kier molecular flexibility index (Phi) is 7.67. The molecule has 0 bridgehead atoms. The van der Waals surface area contributed by atoms with Crippen LogP contribution < -0.4 is 10.5 Å². The van der Waals surface area contributed by atoms with Gasteiger partial charge in [-0.3, -0.25) is 4.79 Å². The average Bonchev–Trinajstić information content (AvgIpc) is 2.54. The third-order valence-electron chi connectivity index (χ3n) is 4.31. The SMILES string of the molecule is CCC(=O)c1cccc(S(=O)(=O)NC2CCCCC2CN)c1.Cl. The first-order valence-corrected chi connectivity index (χ1v) is 9.32. The second-order valence-electron chi connectivity index (χ2n) is 5.81. The number of halogens is 1. The predicted octanol–water partition coefficient (Wildman–Crippen LogP) is 2.50. The third kappa shape index (κ3) is 5.01. The summed E-state index contributed by atoms with van der Waals surface area (Å²) in [7, 11) is -3.62. The molecule has 2 unspecified atom stereocenters. The zero-order valence-corrected chi connectivity index (χ0v) is 15.0. The van der Waals surface area contributed by atoms with Crippen LogP contribution in [0.25, 0.3) is 0 Å². The Balaban J connectivity index is 0.00000264. The van der Waals surface area contributed by atoms with Gasteiger partial charge >= 0.3 is 0 Å². The first kappa shape index (κ1) is 20.1. The second kappa shape index (κ2) is 8.78. The number of Topliss-reactive ketones (excluding diaryl/α,β-unsaturated/α-hetero) is 1. The average molecular weight is 361 g/mol. The largest absolute Gasteiger partial charge is 0.330 e. The summed E-state index contributed by atoms with van der Waals surface area (Å²) in [6.07, 6.45) is 4.24. The van der Waals surface area contributed by atoms with Gasteiger partial charge in [-0.2, -0.15) is 0 Å². The number of nitrogens with one attached hydrogen (secondary N) is 1. The molecule has 3 N–H and O–H groups in total. The molecular formula is C16H25ClN2O3S. The van der Waals surface area contributed by atoms with Crippen molar-refractivity contribution < 1.29 is 13.2 Å².